The molecule has 0 spiro atoms. The molecule has 20 heavy (non-hydrogen) atoms. The summed E-state index contributed by atoms with van der Waals surface area (Å²) >= 11 is 0. The molecule has 1 aliphatic heterocycles. The van der Waals surface area contributed by atoms with Crippen LogP contribution in [0.1, 0.15) is 42.5 Å². The van der Waals surface area contributed by atoms with Crippen LogP contribution in [0.4, 0.5) is 5.69 Å². The van der Waals surface area contributed by atoms with Crippen molar-refractivity contribution in [2.24, 2.45) is 0 Å². The number of hydrogen-bond donors (Lipinski definition) is 1. The number of benzene rings is 2. The second-order valence-corrected chi connectivity index (χ2v) is 5.71. The van der Waals surface area contributed by atoms with E-state index in [-0.39, 0.29) is 0 Å². The second kappa shape index (κ2) is 5.20. The molecule has 0 aliphatic carbocycles. The number of ether oxygens (including phenoxy) is 1. The Morgan fingerprint density at radius 2 is 1.95 bits per heavy atom. The van der Waals surface area contributed by atoms with Gasteiger partial charge in [0.1, 0.15) is 5.75 Å². The molecule has 104 valence electrons. The van der Waals surface area contributed by atoms with Crippen LogP contribution in [0, 0.1) is 0 Å². The van der Waals surface area contributed by atoms with E-state index in [1.54, 1.807) is 7.11 Å². The Morgan fingerprint density at radius 3 is 2.70 bits per heavy atom. The van der Waals surface area contributed by atoms with Gasteiger partial charge in [-0.3, -0.25) is 0 Å². The first kappa shape index (κ1) is 13.0. The summed E-state index contributed by atoms with van der Waals surface area (Å²) in [7, 11) is 1.73. The number of anilines is 1. The Balaban J connectivity index is 1.90. The van der Waals surface area contributed by atoms with Crippen LogP contribution in [0.5, 0.6) is 5.75 Å². The van der Waals surface area contributed by atoms with E-state index in [1.165, 1.54) is 22.4 Å². The monoisotopic (exact) mass is 267 g/mol. The Morgan fingerprint density at radius 1 is 1.15 bits per heavy atom. The molecule has 0 amide bonds. The minimum Gasteiger partial charge on any atom is -0.496 e. The molecule has 1 N–H and O–H groups in total. The maximum Gasteiger partial charge on any atom is 0.124 e. The zero-order valence-corrected chi connectivity index (χ0v) is 12.3. The second-order valence-electron chi connectivity index (χ2n) is 5.71. The average Bonchev–Trinajstić information content (AvgIpc) is 2.89. The third-order valence-corrected chi connectivity index (χ3v) is 4.06. The molecule has 1 aliphatic rings. The van der Waals surface area contributed by atoms with Crippen LogP contribution in [-0.2, 0) is 6.42 Å². The standard InChI is InChI=1S/C18H21NO/c1-12(2)13-8-9-16-14(10-13)11-17(19-16)15-6-4-5-7-18(15)20-3/h4-10,12,17,19H,11H2,1-3H3. The zero-order chi connectivity index (χ0) is 14.1. The number of para-hydroxylation sites is 1. The SMILES string of the molecule is COc1ccccc1C1Cc2cc(C(C)C)ccc2N1. The molecule has 0 bridgehead atoms. The van der Waals surface area contributed by atoms with Crippen molar-refractivity contribution in [2.75, 3.05) is 12.4 Å². The molecule has 0 saturated carbocycles. The van der Waals surface area contributed by atoms with Gasteiger partial charge < -0.3 is 10.1 Å². The molecule has 0 radical (unpaired) electrons. The lowest BCUT2D eigenvalue weighted by Gasteiger charge is -2.15. The van der Waals surface area contributed by atoms with Crippen molar-refractivity contribution in [1.82, 2.24) is 0 Å². The summed E-state index contributed by atoms with van der Waals surface area (Å²) < 4.78 is 5.48. The van der Waals surface area contributed by atoms with Crippen LogP contribution in [0.2, 0.25) is 0 Å². The van der Waals surface area contributed by atoms with Gasteiger partial charge >= 0.3 is 0 Å². The zero-order valence-electron chi connectivity index (χ0n) is 12.3. The highest BCUT2D eigenvalue weighted by Gasteiger charge is 2.24. The maximum absolute atomic E-state index is 5.48. The molecule has 1 unspecified atom stereocenters. The summed E-state index contributed by atoms with van der Waals surface area (Å²) in [6.45, 7) is 4.48. The molecule has 2 nitrogen and oxygen atoms in total. The van der Waals surface area contributed by atoms with Crippen LogP contribution in [-0.4, -0.2) is 7.11 Å². The summed E-state index contributed by atoms with van der Waals surface area (Å²) in [6, 6.07) is 15.3. The van der Waals surface area contributed by atoms with E-state index in [1.807, 2.05) is 12.1 Å². The molecule has 1 atom stereocenters. The van der Waals surface area contributed by atoms with Gasteiger partial charge in [0.05, 0.1) is 13.2 Å². The predicted octanol–water partition coefficient (Wildman–Crippen LogP) is 4.53. The molecule has 2 heteroatoms. The van der Waals surface area contributed by atoms with Gasteiger partial charge in [0.25, 0.3) is 0 Å². The third-order valence-electron chi connectivity index (χ3n) is 4.06. The number of fused-ring (bicyclic) bond motifs is 1. The van der Waals surface area contributed by atoms with Gasteiger partial charge in [-0.1, -0.05) is 44.2 Å². The molecule has 0 saturated heterocycles. The van der Waals surface area contributed by atoms with E-state index in [9.17, 15) is 0 Å². The Labute approximate surface area is 120 Å². The molecule has 2 aromatic rings. The lowest BCUT2D eigenvalue weighted by atomic mass is 9.97. The van der Waals surface area contributed by atoms with E-state index >= 15 is 0 Å². The molecular weight excluding hydrogens is 246 g/mol. The normalized spacial score (nSPS) is 16.9. The van der Waals surface area contributed by atoms with Crippen molar-refractivity contribution in [3.63, 3.8) is 0 Å². The highest BCUT2D eigenvalue weighted by Crippen LogP contribution is 2.38. The number of hydrogen-bond acceptors (Lipinski definition) is 2. The summed E-state index contributed by atoms with van der Waals surface area (Å²) in [6.07, 6.45) is 1.02. The van der Waals surface area contributed by atoms with Crippen molar-refractivity contribution in [3.8, 4) is 5.75 Å². The van der Waals surface area contributed by atoms with Gasteiger partial charge in [-0.25, -0.2) is 0 Å². The van der Waals surface area contributed by atoms with Crippen LogP contribution in [0.25, 0.3) is 0 Å². The fourth-order valence-electron chi connectivity index (χ4n) is 2.88. The van der Waals surface area contributed by atoms with Crippen LogP contribution in [0.3, 0.4) is 0 Å². The van der Waals surface area contributed by atoms with E-state index in [0.29, 0.717) is 12.0 Å². The smallest absolute Gasteiger partial charge is 0.124 e. The number of nitrogens with one attached hydrogen (secondary N) is 1. The predicted molar refractivity (Wildman–Crippen MR) is 83.6 cm³/mol. The van der Waals surface area contributed by atoms with Crippen molar-refractivity contribution in [2.45, 2.75) is 32.2 Å². The van der Waals surface area contributed by atoms with Gasteiger partial charge in [0, 0.05) is 11.3 Å². The fourth-order valence-corrected chi connectivity index (χ4v) is 2.88. The molecule has 0 aromatic heterocycles. The Hall–Kier alpha value is -1.96. The van der Waals surface area contributed by atoms with E-state index in [4.69, 9.17) is 4.74 Å². The molecule has 1 heterocycles. The van der Waals surface area contributed by atoms with Gasteiger partial charge in [0.15, 0.2) is 0 Å². The van der Waals surface area contributed by atoms with E-state index in [2.05, 4.69) is 49.5 Å². The van der Waals surface area contributed by atoms with E-state index < -0.39 is 0 Å². The summed E-state index contributed by atoms with van der Waals surface area (Å²) in [5.74, 6) is 1.53. The van der Waals surface area contributed by atoms with Crippen molar-refractivity contribution in [1.29, 1.82) is 0 Å². The first-order chi connectivity index (χ1) is 9.69. The largest absolute Gasteiger partial charge is 0.496 e. The maximum atomic E-state index is 5.48. The van der Waals surface area contributed by atoms with Crippen LogP contribution in [0.15, 0.2) is 42.5 Å². The highest BCUT2D eigenvalue weighted by atomic mass is 16.5. The molecule has 2 aromatic carbocycles. The average molecular weight is 267 g/mol. The van der Waals surface area contributed by atoms with Gasteiger partial charge in [-0.05, 0) is 35.6 Å². The minimum absolute atomic E-state index is 0.309. The number of rotatable bonds is 3. The van der Waals surface area contributed by atoms with Crippen molar-refractivity contribution >= 4 is 5.69 Å². The van der Waals surface area contributed by atoms with Crippen molar-refractivity contribution < 1.29 is 4.74 Å². The van der Waals surface area contributed by atoms with Crippen molar-refractivity contribution in [3.05, 3.63) is 59.2 Å². The molecule has 3 rings (SSSR count). The fraction of sp³-hybridized carbons (Fsp3) is 0.333. The third kappa shape index (κ3) is 2.26. The van der Waals surface area contributed by atoms with E-state index in [0.717, 1.165) is 12.2 Å². The highest BCUT2D eigenvalue weighted by molar-refractivity contribution is 5.60. The summed E-state index contributed by atoms with van der Waals surface area (Å²) in [4.78, 5) is 0. The quantitative estimate of drug-likeness (QED) is 0.882. The summed E-state index contributed by atoms with van der Waals surface area (Å²) in [5, 5.41) is 3.61. The Kier molecular flexibility index (Phi) is 3.39. The van der Waals surface area contributed by atoms with Gasteiger partial charge in [-0.15, -0.1) is 0 Å². The molecule has 0 fully saturated rings. The first-order valence-electron chi connectivity index (χ1n) is 7.21. The summed E-state index contributed by atoms with van der Waals surface area (Å²) in [5.41, 5.74) is 5.31. The Bertz CT molecular complexity index is 619. The van der Waals surface area contributed by atoms with Gasteiger partial charge in [0.2, 0.25) is 0 Å². The van der Waals surface area contributed by atoms with Crippen LogP contribution < -0.4 is 10.1 Å². The van der Waals surface area contributed by atoms with Crippen LogP contribution >= 0.6 is 0 Å². The lowest BCUT2D eigenvalue weighted by Crippen LogP contribution is -2.07. The van der Waals surface area contributed by atoms with Gasteiger partial charge in [-0.2, -0.15) is 0 Å². The molecular formula is C18H21NO. The topological polar surface area (TPSA) is 21.3 Å². The number of methoxy groups -OCH3 is 1. The lowest BCUT2D eigenvalue weighted by molar-refractivity contribution is 0.407. The first-order valence-corrected chi connectivity index (χ1v) is 7.21. The minimum atomic E-state index is 0.309.